The van der Waals surface area contributed by atoms with Crippen LogP contribution < -0.4 is 5.32 Å². The highest BCUT2D eigenvalue weighted by atomic mass is 32.2. The van der Waals surface area contributed by atoms with Crippen molar-refractivity contribution < 1.29 is 13.2 Å². The van der Waals surface area contributed by atoms with Crippen LogP contribution in [0.3, 0.4) is 0 Å². The molecule has 146 valence electrons. The fourth-order valence-corrected chi connectivity index (χ4v) is 6.61. The van der Waals surface area contributed by atoms with E-state index in [1.54, 1.807) is 16.4 Å². The summed E-state index contributed by atoms with van der Waals surface area (Å²) < 4.78 is 27.5. The summed E-state index contributed by atoms with van der Waals surface area (Å²) in [5.41, 5.74) is 0. The molecule has 2 saturated heterocycles. The smallest absolute Gasteiger partial charge is 0.263 e. The van der Waals surface area contributed by atoms with Crippen LogP contribution in [0.1, 0.15) is 42.3 Å². The summed E-state index contributed by atoms with van der Waals surface area (Å²) in [6.45, 7) is 5.78. The zero-order valence-corrected chi connectivity index (χ0v) is 17.2. The Morgan fingerprint density at radius 3 is 2.42 bits per heavy atom. The van der Waals surface area contributed by atoms with Gasteiger partial charge in [-0.2, -0.15) is 4.31 Å². The van der Waals surface area contributed by atoms with Crippen LogP contribution >= 0.6 is 11.3 Å². The van der Waals surface area contributed by atoms with Crippen molar-refractivity contribution in [1.29, 1.82) is 0 Å². The Hall–Kier alpha value is -0.960. The van der Waals surface area contributed by atoms with Crippen LogP contribution in [0.5, 0.6) is 0 Å². The van der Waals surface area contributed by atoms with Gasteiger partial charge in [-0.15, -0.1) is 11.3 Å². The summed E-state index contributed by atoms with van der Waals surface area (Å²) in [7, 11) is -1.52. The van der Waals surface area contributed by atoms with Gasteiger partial charge in [-0.1, -0.05) is 6.92 Å². The molecule has 3 rings (SSSR count). The molecular formula is C18H29N3O3S2. The average molecular weight is 400 g/mol. The number of amides is 1. The lowest BCUT2D eigenvalue weighted by Crippen LogP contribution is -2.40. The minimum Gasteiger partial charge on any atom is -0.338 e. The maximum Gasteiger partial charge on any atom is 0.263 e. The van der Waals surface area contributed by atoms with Gasteiger partial charge in [-0.3, -0.25) is 4.79 Å². The topological polar surface area (TPSA) is 69.7 Å². The zero-order chi connectivity index (χ0) is 18.7. The average Bonchev–Trinajstić information content (AvgIpc) is 3.13. The van der Waals surface area contributed by atoms with Gasteiger partial charge in [0.25, 0.3) is 15.9 Å². The van der Waals surface area contributed by atoms with Crippen molar-refractivity contribution in [3.63, 3.8) is 0 Å². The Kier molecular flexibility index (Phi) is 6.37. The van der Waals surface area contributed by atoms with E-state index >= 15 is 0 Å². The first kappa shape index (κ1) is 19.8. The number of rotatable bonds is 5. The molecule has 0 aromatic carbocycles. The van der Waals surface area contributed by atoms with Crippen molar-refractivity contribution >= 4 is 27.3 Å². The molecule has 26 heavy (non-hydrogen) atoms. The molecule has 0 radical (unpaired) electrons. The van der Waals surface area contributed by atoms with Gasteiger partial charge in [0.2, 0.25) is 0 Å². The maximum atomic E-state index is 12.8. The van der Waals surface area contributed by atoms with E-state index in [1.807, 2.05) is 11.9 Å². The summed E-state index contributed by atoms with van der Waals surface area (Å²) in [6, 6.07) is 3.27. The molecule has 1 N–H and O–H groups in total. The molecule has 0 saturated carbocycles. The van der Waals surface area contributed by atoms with Gasteiger partial charge in [0.15, 0.2) is 0 Å². The standard InChI is InChI=1S/C18H29N3O3S2/c1-14-5-11-21(12-6-14)26(23,24)17-4-3-16(25-17)18(22)20-9-7-15(8-10-20)13-19-2/h3-4,14-15,19H,5-13H2,1-2H3. The largest absolute Gasteiger partial charge is 0.338 e. The lowest BCUT2D eigenvalue weighted by atomic mass is 9.97. The lowest BCUT2D eigenvalue weighted by Gasteiger charge is -2.31. The van der Waals surface area contributed by atoms with E-state index in [4.69, 9.17) is 0 Å². The SMILES string of the molecule is CNCC1CCN(C(=O)c2ccc(S(=O)(=O)N3CCC(C)CC3)s2)CC1. The van der Waals surface area contributed by atoms with E-state index < -0.39 is 10.0 Å². The number of likely N-dealkylation sites (tertiary alicyclic amines) is 1. The van der Waals surface area contributed by atoms with Gasteiger partial charge in [0, 0.05) is 26.2 Å². The first-order chi connectivity index (χ1) is 12.4. The number of carbonyl (C=O) groups excluding carboxylic acids is 1. The Bertz CT molecular complexity index is 716. The molecular weight excluding hydrogens is 370 g/mol. The Labute approximate surface area is 160 Å². The normalized spacial score (nSPS) is 21.2. The van der Waals surface area contributed by atoms with Gasteiger partial charge in [0.1, 0.15) is 4.21 Å². The van der Waals surface area contributed by atoms with Crippen molar-refractivity contribution in [3.8, 4) is 0 Å². The van der Waals surface area contributed by atoms with E-state index in [0.717, 1.165) is 56.7 Å². The molecule has 1 amide bonds. The maximum absolute atomic E-state index is 12.8. The second-order valence-electron chi connectivity index (χ2n) is 7.50. The lowest BCUT2D eigenvalue weighted by molar-refractivity contribution is 0.0696. The molecule has 0 bridgehead atoms. The van der Waals surface area contributed by atoms with E-state index in [0.29, 0.717) is 34.0 Å². The van der Waals surface area contributed by atoms with Gasteiger partial charge < -0.3 is 10.2 Å². The van der Waals surface area contributed by atoms with Crippen molar-refractivity contribution in [1.82, 2.24) is 14.5 Å². The third-order valence-electron chi connectivity index (χ3n) is 5.52. The molecule has 0 unspecified atom stereocenters. The molecule has 8 heteroatoms. The first-order valence-corrected chi connectivity index (χ1v) is 11.7. The van der Waals surface area contributed by atoms with Crippen LogP contribution in [0.25, 0.3) is 0 Å². The Balaban J connectivity index is 1.65. The minimum absolute atomic E-state index is 0.0355. The molecule has 3 heterocycles. The van der Waals surface area contributed by atoms with Crippen LogP contribution in [0, 0.1) is 11.8 Å². The Morgan fingerprint density at radius 1 is 1.15 bits per heavy atom. The highest BCUT2D eigenvalue weighted by Gasteiger charge is 2.31. The van der Waals surface area contributed by atoms with E-state index in [2.05, 4.69) is 12.2 Å². The molecule has 1 aromatic heterocycles. The van der Waals surface area contributed by atoms with E-state index in [1.165, 1.54) is 0 Å². The van der Waals surface area contributed by atoms with Crippen LogP contribution in [0.2, 0.25) is 0 Å². The summed E-state index contributed by atoms with van der Waals surface area (Å²) in [5.74, 6) is 1.16. The van der Waals surface area contributed by atoms with Crippen LogP contribution in [-0.2, 0) is 10.0 Å². The van der Waals surface area contributed by atoms with Crippen LogP contribution in [0.15, 0.2) is 16.3 Å². The zero-order valence-electron chi connectivity index (χ0n) is 15.6. The van der Waals surface area contributed by atoms with Crippen molar-refractivity contribution in [2.75, 3.05) is 39.8 Å². The highest BCUT2D eigenvalue weighted by molar-refractivity contribution is 7.91. The quantitative estimate of drug-likeness (QED) is 0.824. The molecule has 2 fully saturated rings. The summed E-state index contributed by atoms with van der Waals surface area (Å²) >= 11 is 1.11. The summed E-state index contributed by atoms with van der Waals surface area (Å²) in [5, 5.41) is 3.19. The van der Waals surface area contributed by atoms with Crippen molar-refractivity contribution in [2.45, 2.75) is 36.8 Å². The number of thiophene rings is 1. The minimum atomic E-state index is -3.47. The number of carbonyl (C=O) groups is 1. The van der Waals surface area contributed by atoms with E-state index in [9.17, 15) is 13.2 Å². The third kappa shape index (κ3) is 4.30. The van der Waals surface area contributed by atoms with Crippen LogP contribution in [0.4, 0.5) is 0 Å². The first-order valence-electron chi connectivity index (χ1n) is 9.45. The van der Waals surface area contributed by atoms with E-state index in [-0.39, 0.29) is 5.91 Å². The molecule has 0 aliphatic carbocycles. The second kappa shape index (κ2) is 8.37. The number of hydrogen-bond acceptors (Lipinski definition) is 5. The molecule has 0 atom stereocenters. The third-order valence-corrected chi connectivity index (χ3v) is 8.96. The van der Waals surface area contributed by atoms with Gasteiger partial charge in [0.05, 0.1) is 4.88 Å². The van der Waals surface area contributed by atoms with Crippen molar-refractivity contribution in [2.24, 2.45) is 11.8 Å². The fraction of sp³-hybridized carbons (Fsp3) is 0.722. The monoisotopic (exact) mass is 399 g/mol. The number of sulfonamides is 1. The van der Waals surface area contributed by atoms with Gasteiger partial charge in [-0.25, -0.2) is 8.42 Å². The highest BCUT2D eigenvalue weighted by Crippen LogP contribution is 2.29. The fourth-order valence-electron chi connectivity index (χ4n) is 3.71. The van der Waals surface area contributed by atoms with Gasteiger partial charge >= 0.3 is 0 Å². The summed E-state index contributed by atoms with van der Waals surface area (Å²) in [6.07, 6.45) is 3.79. The van der Waals surface area contributed by atoms with Crippen molar-refractivity contribution in [3.05, 3.63) is 17.0 Å². The number of hydrogen-bond donors (Lipinski definition) is 1. The number of piperidine rings is 2. The Morgan fingerprint density at radius 2 is 1.81 bits per heavy atom. The molecule has 0 spiro atoms. The van der Waals surface area contributed by atoms with Gasteiger partial charge in [-0.05, 0) is 63.2 Å². The number of nitrogens with one attached hydrogen (secondary N) is 1. The predicted octanol–water partition coefficient (Wildman–Crippen LogP) is 2.24. The number of nitrogens with zero attached hydrogens (tertiary/aromatic N) is 2. The molecule has 1 aromatic rings. The molecule has 6 nitrogen and oxygen atoms in total. The summed E-state index contributed by atoms with van der Waals surface area (Å²) in [4.78, 5) is 15.1. The predicted molar refractivity (Wildman–Crippen MR) is 104 cm³/mol. The molecule has 2 aliphatic rings. The molecule has 2 aliphatic heterocycles. The van der Waals surface area contributed by atoms with Crippen LogP contribution in [-0.4, -0.2) is 63.3 Å². The second-order valence-corrected chi connectivity index (χ2v) is 10.7.